The van der Waals surface area contributed by atoms with Crippen LogP contribution in [0.25, 0.3) is 10.9 Å². The number of nitrogens with one attached hydrogen (secondary N) is 1. The number of carbonyl (C=O) groups is 1. The summed E-state index contributed by atoms with van der Waals surface area (Å²) in [6.45, 7) is 0.392. The molecule has 0 radical (unpaired) electrons. The quantitative estimate of drug-likeness (QED) is 0.480. The summed E-state index contributed by atoms with van der Waals surface area (Å²) < 4.78 is 22.7. The van der Waals surface area contributed by atoms with Gasteiger partial charge in [-0.1, -0.05) is 12.8 Å². The third-order valence-electron chi connectivity index (χ3n) is 6.02. The number of carboxylic acids is 1. The van der Waals surface area contributed by atoms with Crippen molar-refractivity contribution >= 4 is 28.2 Å². The van der Waals surface area contributed by atoms with Gasteiger partial charge in [-0.2, -0.15) is 0 Å². The number of rotatable bonds is 7. The second-order valence-corrected chi connectivity index (χ2v) is 7.91. The standard InChI is InChI=1S/C23H25FN4O4/c1-32-22-19(27-11-8-13-6-9-26-10-7-13)17(24)18(25)16-20(22)28(14-4-2-3-5-14)12-15(21(16)29)23(30)31/h6-7,9-10,12,14,27H,2-5,8,11,25H2,1H3,(H,30,31). The van der Waals surface area contributed by atoms with Crippen LogP contribution in [0.2, 0.25) is 0 Å². The van der Waals surface area contributed by atoms with Crippen LogP contribution in [-0.2, 0) is 6.42 Å². The van der Waals surface area contributed by atoms with Gasteiger partial charge in [0, 0.05) is 31.2 Å². The monoisotopic (exact) mass is 440 g/mol. The van der Waals surface area contributed by atoms with Gasteiger partial charge in [0.25, 0.3) is 0 Å². The van der Waals surface area contributed by atoms with Crippen molar-refractivity contribution in [1.82, 2.24) is 9.55 Å². The van der Waals surface area contributed by atoms with Gasteiger partial charge in [-0.3, -0.25) is 9.78 Å². The summed E-state index contributed by atoms with van der Waals surface area (Å²) in [5.41, 5.74) is 5.84. The fourth-order valence-electron chi connectivity index (χ4n) is 4.44. The third-order valence-corrected chi connectivity index (χ3v) is 6.02. The normalized spacial score (nSPS) is 14.1. The van der Waals surface area contributed by atoms with Gasteiger partial charge in [0.2, 0.25) is 5.43 Å². The minimum absolute atomic E-state index is 0.0281. The molecule has 0 unspecified atom stereocenters. The number of aromatic nitrogens is 2. The van der Waals surface area contributed by atoms with Crippen molar-refractivity contribution < 1.29 is 19.0 Å². The molecular formula is C23H25FN4O4. The number of hydrogen-bond acceptors (Lipinski definition) is 6. The Balaban J connectivity index is 1.89. The van der Waals surface area contributed by atoms with Crippen LogP contribution < -0.4 is 21.2 Å². The number of aromatic carboxylic acids is 1. The largest absolute Gasteiger partial charge is 0.492 e. The zero-order valence-electron chi connectivity index (χ0n) is 17.7. The van der Waals surface area contributed by atoms with Gasteiger partial charge in [0.1, 0.15) is 11.3 Å². The van der Waals surface area contributed by atoms with E-state index in [9.17, 15) is 14.7 Å². The molecule has 0 aliphatic heterocycles. The Bertz CT molecular complexity index is 1220. The lowest BCUT2D eigenvalue weighted by Crippen LogP contribution is -2.23. The number of nitrogens with two attached hydrogens (primary N) is 1. The predicted octanol–water partition coefficient (Wildman–Crippen LogP) is 3.59. The summed E-state index contributed by atoms with van der Waals surface area (Å²) in [5, 5.41) is 12.5. The lowest BCUT2D eigenvalue weighted by atomic mass is 10.0. The lowest BCUT2D eigenvalue weighted by Gasteiger charge is -2.23. The highest BCUT2D eigenvalue weighted by Crippen LogP contribution is 2.42. The summed E-state index contributed by atoms with van der Waals surface area (Å²) in [5.74, 6) is -2.06. The van der Waals surface area contributed by atoms with Gasteiger partial charge in [-0.05, 0) is 37.0 Å². The topological polar surface area (TPSA) is 119 Å². The van der Waals surface area contributed by atoms with Crippen molar-refractivity contribution in [1.29, 1.82) is 0 Å². The molecule has 4 N–H and O–H groups in total. The van der Waals surface area contributed by atoms with Gasteiger partial charge < -0.3 is 25.5 Å². The first-order valence-electron chi connectivity index (χ1n) is 10.5. The average molecular weight is 440 g/mol. The Morgan fingerprint density at radius 2 is 2.03 bits per heavy atom. The Labute approximate surface area is 183 Å². The molecular weight excluding hydrogens is 415 g/mol. The molecule has 9 heteroatoms. The van der Waals surface area contributed by atoms with E-state index >= 15 is 4.39 Å². The van der Waals surface area contributed by atoms with E-state index in [0.29, 0.717) is 18.5 Å². The number of ether oxygens (including phenoxy) is 1. The maximum atomic E-state index is 15.4. The van der Waals surface area contributed by atoms with E-state index in [1.807, 2.05) is 12.1 Å². The first-order chi connectivity index (χ1) is 15.4. The smallest absolute Gasteiger partial charge is 0.341 e. The first kappa shape index (κ1) is 21.6. The van der Waals surface area contributed by atoms with Crippen LogP contribution in [0.1, 0.15) is 47.6 Å². The minimum Gasteiger partial charge on any atom is -0.492 e. The number of pyridine rings is 2. The van der Waals surface area contributed by atoms with Gasteiger partial charge in [-0.15, -0.1) is 0 Å². The first-order valence-corrected chi connectivity index (χ1v) is 10.5. The average Bonchev–Trinajstić information content (AvgIpc) is 3.32. The number of methoxy groups -OCH3 is 1. The number of anilines is 2. The number of fused-ring (bicyclic) bond motifs is 1. The maximum Gasteiger partial charge on any atom is 0.341 e. The lowest BCUT2D eigenvalue weighted by molar-refractivity contribution is 0.0694. The Kier molecular flexibility index (Phi) is 5.98. The second-order valence-electron chi connectivity index (χ2n) is 7.91. The van der Waals surface area contributed by atoms with Crippen molar-refractivity contribution in [2.24, 2.45) is 0 Å². The zero-order valence-corrected chi connectivity index (χ0v) is 17.7. The second kappa shape index (κ2) is 8.86. The van der Waals surface area contributed by atoms with Crippen LogP contribution in [0.3, 0.4) is 0 Å². The summed E-state index contributed by atoms with van der Waals surface area (Å²) in [7, 11) is 1.40. The van der Waals surface area contributed by atoms with Crippen molar-refractivity contribution in [2.75, 3.05) is 24.7 Å². The molecule has 1 aliphatic rings. The molecule has 8 nitrogen and oxygen atoms in total. The SMILES string of the molecule is COc1c(NCCc2ccncc2)c(F)c(N)c2c(=O)c(C(=O)O)cn(C3CCCC3)c12. The van der Waals surface area contributed by atoms with Crippen molar-refractivity contribution in [3.05, 3.63) is 57.9 Å². The van der Waals surface area contributed by atoms with E-state index in [-0.39, 0.29) is 28.6 Å². The van der Waals surface area contributed by atoms with Crippen LogP contribution >= 0.6 is 0 Å². The molecule has 168 valence electrons. The molecule has 0 atom stereocenters. The van der Waals surface area contributed by atoms with E-state index < -0.39 is 22.8 Å². The molecule has 1 fully saturated rings. The van der Waals surface area contributed by atoms with Gasteiger partial charge in [0.15, 0.2) is 11.6 Å². The molecule has 1 aliphatic carbocycles. The van der Waals surface area contributed by atoms with E-state index in [0.717, 1.165) is 31.2 Å². The van der Waals surface area contributed by atoms with Gasteiger partial charge in [-0.25, -0.2) is 9.18 Å². The molecule has 0 saturated heterocycles. The Morgan fingerprint density at radius 1 is 1.34 bits per heavy atom. The van der Waals surface area contributed by atoms with E-state index in [2.05, 4.69) is 10.3 Å². The van der Waals surface area contributed by atoms with Crippen molar-refractivity contribution in [3.8, 4) is 5.75 Å². The summed E-state index contributed by atoms with van der Waals surface area (Å²) in [4.78, 5) is 28.7. The highest BCUT2D eigenvalue weighted by molar-refractivity contribution is 6.03. The van der Waals surface area contributed by atoms with Crippen LogP contribution in [0, 0.1) is 5.82 Å². The van der Waals surface area contributed by atoms with E-state index in [1.54, 1.807) is 17.0 Å². The maximum absolute atomic E-state index is 15.4. The number of benzene rings is 1. The molecule has 32 heavy (non-hydrogen) atoms. The minimum atomic E-state index is -1.37. The van der Waals surface area contributed by atoms with Crippen LogP contribution in [-0.4, -0.2) is 34.3 Å². The Hall–Kier alpha value is -3.62. The number of nitrogen functional groups attached to an aromatic ring is 1. The molecule has 2 heterocycles. The molecule has 4 rings (SSSR count). The zero-order chi connectivity index (χ0) is 22.8. The number of nitrogens with zero attached hydrogens (tertiary/aromatic N) is 2. The van der Waals surface area contributed by atoms with Crippen molar-refractivity contribution in [3.63, 3.8) is 0 Å². The third kappa shape index (κ3) is 3.74. The summed E-state index contributed by atoms with van der Waals surface area (Å²) in [6, 6.07) is 3.71. The number of halogens is 1. The Morgan fingerprint density at radius 3 is 2.66 bits per heavy atom. The van der Waals surface area contributed by atoms with Crippen molar-refractivity contribution in [2.45, 2.75) is 38.1 Å². The molecule has 1 saturated carbocycles. The van der Waals surface area contributed by atoms with Crippen LogP contribution in [0.4, 0.5) is 15.8 Å². The van der Waals surface area contributed by atoms with Gasteiger partial charge in [0.05, 0.1) is 23.7 Å². The molecule has 0 amide bonds. The number of carboxylic acid groups (broad SMARTS) is 1. The molecule has 1 aromatic carbocycles. The molecule has 2 aromatic heterocycles. The predicted molar refractivity (Wildman–Crippen MR) is 120 cm³/mol. The highest BCUT2D eigenvalue weighted by Gasteiger charge is 2.29. The molecule has 0 bridgehead atoms. The van der Waals surface area contributed by atoms with E-state index in [4.69, 9.17) is 10.5 Å². The van der Waals surface area contributed by atoms with Crippen LogP contribution in [0.15, 0.2) is 35.5 Å². The van der Waals surface area contributed by atoms with Gasteiger partial charge >= 0.3 is 5.97 Å². The fraction of sp³-hybridized carbons (Fsp3) is 0.348. The summed E-state index contributed by atoms with van der Waals surface area (Å²) >= 11 is 0. The van der Waals surface area contributed by atoms with Crippen LogP contribution in [0.5, 0.6) is 5.75 Å². The number of hydrogen-bond donors (Lipinski definition) is 3. The fourth-order valence-corrected chi connectivity index (χ4v) is 4.44. The summed E-state index contributed by atoms with van der Waals surface area (Å²) in [6.07, 6.45) is 8.92. The molecule has 3 aromatic rings. The van der Waals surface area contributed by atoms with E-state index in [1.165, 1.54) is 13.3 Å². The highest BCUT2D eigenvalue weighted by atomic mass is 19.1. The molecule has 0 spiro atoms.